The highest BCUT2D eigenvalue weighted by atomic mass is 35.6. The lowest BCUT2D eigenvalue weighted by Crippen LogP contribution is -2.56. The molecular weight excluding hydrogens is 347 g/mol. The summed E-state index contributed by atoms with van der Waals surface area (Å²) >= 11 is 18.2. The van der Waals surface area contributed by atoms with Crippen LogP contribution in [0.1, 0.15) is 29.6 Å². The molecule has 122 valence electrons. The molecule has 1 unspecified atom stereocenters. The van der Waals surface area contributed by atoms with Crippen molar-refractivity contribution in [2.24, 2.45) is 0 Å². The lowest BCUT2D eigenvalue weighted by Gasteiger charge is -2.38. The Hall–Kier alpha value is -0.680. The predicted octanol–water partition coefficient (Wildman–Crippen LogP) is 3.61. The van der Waals surface area contributed by atoms with Crippen LogP contribution in [0.4, 0.5) is 0 Å². The SMILES string of the molecule is COc1ccccc1C(=O)NC(N1CCCCC1)C(Cl)(Cl)Cl. The topological polar surface area (TPSA) is 41.6 Å². The fourth-order valence-corrected chi connectivity index (χ4v) is 3.17. The molecule has 22 heavy (non-hydrogen) atoms. The number of methoxy groups -OCH3 is 1. The molecule has 0 spiro atoms. The minimum atomic E-state index is -1.60. The van der Waals surface area contributed by atoms with Gasteiger partial charge in [0.2, 0.25) is 3.79 Å². The maximum absolute atomic E-state index is 12.5. The van der Waals surface area contributed by atoms with Gasteiger partial charge in [-0.1, -0.05) is 53.4 Å². The van der Waals surface area contributed by atoms with Gasteiger partial charge in [0.15, 0.2) is 0 Å². The van der Waals surface area contributed by atoms with Crippen molar-refractivity contribution in [2.45, 2.75) is 29.2 Å². The van der Waals surface area contributed by atoms with Gasteiger partial charge in [0.05, 0.1) is 12.7 Å². The number of amides is 1. The van der Waals surface area contributed by atoms with E-state index in [0.717, 1.165) is 32.4 Å². The zero-order chi connectivity index (χ0) is 16.2. The normalized spacial score (nSPS) is 17.8. The third kappa shape index (κ3) is 4.42. The van der Waals surface area contributed by atoms with Gasteiger partial charge in [-0.3, -0.25) is 9.69 Å². The van der Waals surface area contributed by atoms with Crippen molar-refractivity contribution < 1.29 is 9.53 Å². The van der Waals surface area contributed by atoms with Crippen molar-refractivity contribution in [3.63, 3.8) is 0 Å². The molecule has 1 aromatic carbocycles. The van der Waals surface area contributed by atoms with E-state index in [1.165, 1.54) is 7.11 Å². The summed E-state index contributed by atoms with van der Waals surface area (Å²) in [5.41, 5.74) is 0.418. The van der Waals surface area contributed by atoms with Crippen LogP contribution in [-0.2, 0) is 0 Å². The molecule has 0 radical (unpaired) electrons. The lowest BCUT2D eigenvalue weighted by atomic mass is 10.1. The van der Waals surface area contributed by atoms with Crippen LogP contribution in [-0.4, -0.2) is 41.0 Å². The van der Waals surface area contributed by atoms with Crippen LogP contribution >= 0.6 is 34.8 Å². The number of hydrogen-bond donors (Lipinski definition) is 1. The van der Waals surface area contributed by atoms with Crippen LogP contribution in [0.5, 0.6) is 5.75 Å². The molecule has 0 saturated carbocycles. The second kappa shape index (κ2) is 7.73. The van der Waals surface area contributed by atoms with Gasteiger partial charge in [0.25, 0.3) is 5.91 Å². The number of alkyl halides is 3. The molecule has 0 bridgehead atoms. The van der Waals surface area contributed by atoms with Crippen molar-refractivity contribution in [2.75, 3.05) is 20.2 Å². The number of halogens is 3. The predicted molar refractivity (Wildman–Crippen MR) is 90.0 cm³/mol. The molecule has 1 saturated heterocycles. The van der Waals surface area contributed by atoms with E-state index < -0.39 is 9.96 Å². The van der Waals surface area contributed by atoms with Crippen molar-refractivity contribution in [1.29, 1.82) is 0 Å². The van der Waals surface area contributed by atoms with E-state index >= 15 is 0 Å². The van der Waals surface area contributed by atoms with Crippen LogP contribution in [0, 0.1) is 0 Å². The molecule has 1 fully saturated rings. The van der Waals surface area contributed by atoms with Crippen LogP contribution < -0.4 is 10.1 Å². The minimum absolute atomic E-state index is 0.320. The highest BCUT2D eigenvalue weighted by Crippen LogP contribution is 2.33. The maximum atomic E-state index is 12.5. The summed E-state index contributed by atoms with van der Waals surface area (Å²) in [5, 5.41) is 2.83. The smallest absolute Gasteiger partial charge is 0.256 e. The number of benzene rings is 1. The Morgan fingerprint density at radius 1 is 1.23 bits per heavy atom. The molecular formula is C15H19Cl3N2O2. The maximum Gasteiger partial charge on any atom is 0.256 e. The van der Waals surface area contributed by atoms with E-state index in [2.05, 4.69) is 5.32 Å². The second-order valence-corrected chi connectivity index (χ2v) is 7.58. The molecule has 1 aromatic rings. The summed E-state index contributed by atoms with van der Waals surface area (Å²) in [4.78, 5) is 14.5. The van der Waals surface area contributed by atoms with Gasteiger partial charge in [0, 0.05) is 13.1 Å². The first-order chi connectivity index (χ1) is 10.4. The summed E-state index contributed by atoms with van der Waals surface area (Å²) in [6.07, 6.45) is 2.54. The Morgan fingerprint density at radius 3 is 2.45 bits per heavy atom. The summed E-state index contributed by atoms with van der Waals surface area (Å²) < 4.78 is 3.60. The van der Waals surface area contributed by atoms with E-state index in [1.54, 1.807) is 24.3 Å². The third-order valence-corrected chi connectivity index (χ3v) is 4.31. The van der Waals surface area contributed by atoms with Crippen molar-refractivity contribution in [3.8, 4) is 5.75 Å². The molecule has 1 aliphatic heterocycles. The summed E-state index contributed by atoms with van der Waals surface area (Å²) in [6.45, 7) is 1.59. The molecule has 7 heteroatoms. The quantitative estimate of drug-likeness (QED) is 0.829. The molecule has 0 aromatic heterocycles. The number of ether oxygens (including phenoxy) is 1. The Morgan fingerprint density at radius 2 is 1.86 bits per heavy atom. The van der Waals surface area contributed by atoms with Crippen LogP contribution in [0.3, 0.4) is 0 Å². The average molecular weight is 366 g/mol. The number of carbonyl (C=O) groups excluding carboxylic acids is 1. The fraction of sp³-hybridized carbons (Fsp3) is 0.533. The van der Waals surface area contributed by atoms with Crippen molar-refractivity contribution in [3.05, 3.63) is 29.8 Å². The highest BCUT2D eigenvalue weighted by Gasteiger charge is 2.39. The number of likely N-dealkylation sites (tertiary alicyclic amines) is 1. The molecule has 1 heterocycles. The van der Waals surface area contributed by atoms with Gasteiger partial charge >= 0.3 is 0 Å². The van der Waals surface area contributed by atoms with Gasteiger partial charge in [-0.05, 0) is 25.0 Å². The lowest BCUT2D eigenvalue weighted by molar-refractivity contribution is 0.0816. The van der Waals surface area contributed by atoms with Gasteiger partial charge in [-0.15, -0.1) is 0 Å². The standard InChI is InChI=1S/C15H19Cl3N2O2/c1-22-12-8-4-3-7-11(12)13(21)19-14(15(16,17)18)20-9-5-2-6-10-20/h3-4,7-8,14H,2,5-6,9-10H2,1H3,(H,19,21). The second-order valence-electron chi connectivity index (χ2n) is 5.21. The highest BCUT2D eigenvalue weighted by molar-refractivity contribution is 6.68. The van der Waals surface area contributed by atoms with E-state index in [1.807, 2.05) is 4.90 Å². The van der Waals surface area contributed by atoms with Gasteiger partial charge in [0.1, 0.15) is 11.9 Å². The number of rotatable bonds is 4. The molecule has 1 aliphatic rings. The number of nitrogens with zero attached hydrogens (tertiary/aromatic N) is 1. The van der Waals surface area contributed by atoms with Crippen molar-refractivity contribution in [1.82, 2.24) is 10.2 Å². The molecule has 1 atom stereocenters. The Bertz CT molecular complexity index is 514. The fourth-order valence-electron chi connectivity index (χ4n) is 2.59. The van der Waals surface area contributed by atoms with E-state index in [0.29, 0.717) is 11.3 Å². The molecule has 1 amide bonds. The van der Waals surface area contributed by atoms with Crippen LogP contribution in [0.15, 0.2) is 24.3 Å². The molecule has 4 nitrogen and oxygen atoms in total. The number of carbonyl (C=O) groups is 1. The van der Waals surface area contributed by atoms with Crippen molar-refractivity contribution >= 4 is 40.7 Å². The summed E-state index contributed by atoms with van der Waals surface area (Å²) in [7, 11) is 1.52. The Balaban J connectivity index is 2.17. The summed E-state index contributed by atoms with van der Waals surface area (Å²) in [6, 6.07) is 6.97. The monoisotopic (exact) mass is 364 g/mol. The summed E-state index contributed by atoms with van der Waals surface area (Å²) in [5.74, 6) is 0.168. The minimum Gasteiger partial charge on any atom is -0.496 e. The van der Waals surface area contributed by atoms with Crippen LogP contribution in [0.25, 0.3) is 0 Å². The van der Waals surface area contributed by atoms with Gasteiger partial charge in [-0.25, -0.2) is 0 Å². The van der Waals surface area contributed by atoms with Gasteiger partial charge < -0.3 is 10.1 Å². The molecule has 2 rings (SSSR count). The van der Waals surface area contributed by atoms with E-state index in [4.69, 9.17) is 39.5 Å². The first-order valence-corrected chi connectivity index (χ1v) is 8.31. The first kappa shape index (κ1) is 17.7. The first-order valence-electron chi connectivity index (χ1n) is 7.18. The Kier molecular flexibility index (Phi) is 6.21. The van der Waals surface area contributed by atoms with Gasteiger partial charge in [-0.2, -0.15) is 0 Å². The number of hydrogen-bond acceptors (Lipinski definition) is 3. The third-order valence-electron chi connectivity index (χ3n) is 3.69. The number of para-hydroxylation sites is 1. The van der Waals surface area contributed by atoms with Crippen LogP contribution in [0.2, 0.25) is 0 Å². The number of nitrogens with one attached hydrogen (secondary N) is 1. The van der Waals surface area contributed by atoms with E-state index in [-0.39, 0.29) is 5.91 Å². The zero-order valence-corrected chi connectivity index (χ0v) is 14.6. The molecule has 1 N–H and O–H groups in total. The zero-order valence-electron chi connectivity index (χ0n) is 12.3. The average Bonchev–Trinajstić information content (AvgIpc) is 2.52. The van der Waals surface area contributed by atoms with E-state index in [9.17, 15) is 4.79 Å². The largest absolute Gasteiger partial charge is 0.496 e. The number of piperidine rings is 1. The Labute approximate surface area is 145 Å². The molecule has 0 aliphatic carbocycles.